The first-order valence-corrected chi connectivity index (χ1v) is 6.39. The van der Waals surface area contributed by atoms with E-state index in [1.165, 1.54) is 12.1 Å². The van der Waals surface area contributed by atoms with Crippen LogP contribution < -0.4 is 0 Å². The number of terminal acetylenes is 1. The molecule has 0 N–H and O–H groups in total. The van der Waals surface area contributed by atoms with E-state index in [9.17, 15) is 19.7 Å². The largest absolute Gasteiger partial charge is 0.294 e. The second-order valence-electron chi connectivity index (χ2n) is 4.52. The number of ketones is 2. The topological polar surface area (TPSA) is 77.3 Å². The standard InChI is InChI=1S/C17H11NO4/c1-2-12-8-9-14(10-15(12)18(21)22)17(20)11-16(19)13-6-4-3-5-7-13/h1,3-10H,11H2. The summed E-state index contributed by atoms with van der Waals surface area (Å²) in [6.45, 7) is 0. The Hall–Kier alpha value is -3.26. The van der Waals surface area contributed by atoms with E-state index in [-0.39, 0.29) is 29.0 Å². The highest BCUT2D eigenvalue weighted by Crippen LogP contribution is 2.20. The highest BCUT2D eigenvalue weighted by molar-refractivity contribution is 6.13. The van der Waals surface area contributed by atoms with Crippen LogP contribution in [0.25, 0.3) is 0 Å². The van der Waals surface area contributed by atoms with Crippen LogP contribution in [0.2, 0.25) is 0 Å². The van der Waals surface area contributed by atoms with Crippen LogP contribution in [0, 0.1) is 22.5 Å². The molecule has 2 rings (SSSR count). The van der Waals surface area contributed by atoms with Gasteiger partial charge in [0.25, 0.3) is 5.69 Å². The van der Waals surface area contributed by atoms with Gasteiger partial charge < -0.3 is 0 Å². The molecule has 5 heteroatoms. The average molecular weight is 293 g/mol. The van der Waals surface area contributed by atoms with Crippen LogP contribution in [-0.4, -0.2) is 16.5 Å². The lowest BCUT2D eigenvalue weighted by molar-refractivity contribution is -0.385. The van der Waals surface area contributed by atoms with Crippen molar-refractivity contribution in [3.63, 3.8) is 0 Å². The SMILES string of the molecule is C#Cc1ccc(C(=O)CC(=O)c2ccccc2)cc1[N+](=O)[O-]. The molecule has 22 heavy (non-hydrogen) atoms. The van der Waals surface area contributed by atoms with Crippen molar-refractivity contribution >= 4 is 17.3 Å². The first-order chi connectivity index (χ1) is 10.5. The van der Waals surface area contributed by atoms with Gasteiger partial charge in [-0.25, -0.2) is 0 Å². The number of nitro benzene ring substituents is 1. The maximum Gasteiger partial charge on any atom is 0.285 e. The third-order valence-corrected chi connectivity index (χ3v) is 3.09. The number of rotatable bonds is 5. The van der Waals surface area contributed by atoms with Crippen LogP contribution in [0.15, 0.2) is 48.5 Å². The molecule has 0 aromatic heterocycles. The molecule has 108 valence electrons. The van der Waals surface area contributed by atoms with Gasteiger partial charge in [-0.05, 0) is 12.1 Å². The predicted molar refractivity (Wildman–Crippen MR) is 80.8 cm³/mol. The van der Waals surface area contributed by atoms with E-state index in [1.807, 2.05) is 0 Å². The van der Waals surface area contributed by atoms with Crippen LogP contribution >= 0.6 is 0 Å². The van der Waals surface area contributed by atoms with Crippen molar-refractivity contribution in [1.82, 2.24) is 0 Å². The number of carbonyl (C=O) groups excluding carboxylic acids is 2. The molecule has 0 heterocycles. The molecular formula is C17H11NO4. The molecule has 5 nitrogen and oxygen atoms in total. The number of carbonyl (C=O) groups is 2. The normalized spacial score (nSPS) is 9.77. The number of nitro groups is 1. The van der Waals surface area contributed by atoms with Gasteiger partial charge in [0.05, 0.1) is 11.3 Å². The number of nitrogens with zero attached hydrogens (tertiary/aromatic N) is 1. The molecular weight excluding hydrogens is 282 g/mol. The van der Waals surface area contributed by atoms with Crippen LogP contribution in [0.4, 0.5) is 5.69 Å². The molecule has 0 unspecified atom stereocenters. The fourth-order valence-corrected chi connectivity index (χ4v) is 1.95. The second-order valence-corrected chi connectivity index (χ2v) is 4.52. The van der Waals surface area contributed by atoms with Gasteiger partial charge in [-0.2, -0.15) is 0 Å². The molecule has 0 spiro atoms. The quantitative estimate of drug-likeness (QED) is 0.279. The Morgan fingerprint density at radius 2 is 1.68 bits per heavy atom. The molecule has 0 bridgehead atoms. The zero-order valence-electron chi connectivity index (χ0n) is 11.5. The van der Waals surface area contributed by atoms with Gasteiger partial charge in [0, 0.05) is 17.2 Å². The van der Waals surface area contributed by atoms with Gasteiger partial charge in [-0.15, -0.1) is 6.42 Å². The number of hydrogen-bond acceptors (Lipinski definition) is 4. The summed E-state index contributed by atoms with van der Waals surface area (Å²) < 4.78 is 0. The average Bonchev–Trinajstić information content (AvgIpc) is 2.54. The lowest BCUT2D eigenvalue weighted by Gasteiger charge is -2.03. The molecule has 0 fully saturated rings. The Morgan fingerprint density at radius 3 is 2.27 bits per heavy atom. The van der Waals surface area contributed by atoms with E-state index >= 15 is 0 Å². The van der Waals surface area contributed by atoms with E-state index in [4.69, 9.17) is 6.42 Å². The monoisotopic (exact) mass is 293 g/mol. The molecule has 0 radical (unpaired) electrons. The summed E-state index contributed by atoms with van der Waals surface area (Å²) in [5, 5.41) is 10.9. The second kappa shape index (κ2) is 6.46. The summed E-state index contributed by atoms with van der Waals surface area (Å²) >= 11 is 0. The fraction of sp³-hybridized carbons (Fsp3) is 0.0588. The zero-order valence-corrected chi connectivity index (χ0v) is 11.5. The van der Waals surface area contributed by atoms with E-state index < -0.39 is 10.7 Å². The van der Waals surface area contributed by atoms with Crippen molar-refractivity contribution in [1.29, 1.82) is 0 Å². The minimum absolute atomic E-state index is 0.0926. The zero-order chi connectivity index (χ0) is 16.1. The minimum atomic E-state index is -0.648. The van der Waals surface area contributed by atoms with Crippen LogP contribution in [0.3, 0.4) is 0 Å². The summed E-state index contributed by atoms with van der Waals surface area (Å²) in [5.41, 5.74) is 0.289. The smallest absolute Gasteiger partial charge is 0.285 e. The number of Topliss-reactive ketones (excluding diaryl/α,β-unsaturated/α-hetero) is 2. The van der Waals surface area contributed by atoms with Gasteiger partial charge >= 0.3 is 0 Å². The summed E-state index contributed by atoms with van der Waals surface area (Å²) in [6, 6.07) is 12.2. The van der Waals surface area contributed by atoms with E-state index in [2.05, 4.69) is 5.92 Å². The summed E-state index contributed by atoms with van der Waals surface area (Å²) in [5.74, 6) is 1.37. The van der Waals surface area contributed by atoms with Crippen LogP contribution in [-0.2, 0) is 0 Å². The van der Waals surface area contributed by atoms with Crippen molar-refractivity contribution in [2.45, 2.75) is 6.42 Å². The van der Waals surface area contributed by atoms with Gasteiger partial charge in [-0.3, -0.25) is 19.7 Å². The maximum atomic E-state index is 12.1. The summed E-state index contributed by atoms with van der Waals surface area (Å²) in [6.07, 6.45) is 4.83. The van der Waals surface area contributed by atoms with Crippen LogP contribution in [0.5, 0.6) is 0 Å². The maximum absolute atomic E-state index is 12.1. The molecule has 2 aromatic carbocycles. The molecule has 0 aliphatic carbocycles. The lowest BCUT2D eigenvalue weighted by atomic mass is 10.00. The molecule has 0 aliphatic heterocycles. The Labute approximate surface area is 126 Å². The van der Waals surface area contributed by atoms with Gasteiger partial charge in [0.15, 0.2) is 11.6 Å². The summed E-state index contributed by atoms with van der Waals surface area (Å²) in [4.78, 5) is 34.4. The first kappa shape index (κ1) is 15.1. The van der Waals surface area contributed by atoms with Crippen molar-refractivity contribution in [2.24, 2.45) is 0 Å². The van der Waals surface area contributed by atoms with Crippen molar-refractivity contribution < 1.29 is 14.5 Å². The fourth-order valence-electron chi connectivity index (χ4n) is 1.95. The van der Waals surface area contributed by atoms with E-state index in [1.54, 1.807) is 30.3 Å². The van der Waals surface area contributed by atoms with E-state index in [0.29, 0.717) is 5.56 Å². The molecule has 0 atom stereocenters. The Bertz CT molecular complexity index is 788. The highest BCUT2D eigenvalue weighted by Gasteiger charge is 2.18. The third kappa shape index (κ3) is 3.25. The highest BCUT2D eigenvalue weighted by atomic mass is 16.6. The summed E-state index contributed by atoms with van der Waals surface area (Å²) in [7, 11) is 0. The predicted octanol–water partition coefficient (Wildman–Crippen LogP) is 3.03. The van der Waals surface area contributed by atoms with Crippen molar-refractivity contribution in [3.8, 4) is 12.3 Å². The first-order valence-electron chi connectivity index (χ1n) is 6.39. The lowest BCUT2D eigenvalue weighted by Crippen LogP contribution is -2.09. The van der Waals surface area contributed by atoms with Crippen molar-refractivity contribution in [3.05, 3.63) is 75.3 Å². The molecule has 0 saturated heterocycles. The van der Waals surface area contributed by atoms with Gasteiger partial charge in [0.2, 0.25) is 0 Å². The van der Waals surface area contributed by atoms with Gasteiger partial charge in [0.1, 0.15) is 5.56 Å². The molecule has 2 aromatic rings. The minimum Gasteiger partial charge on any atom is -0.294 e. The molecule has 0 amide bonds. The third-order valence-electron chi connectivity index (χ3n) is 3.09. The number of hydrogen-bond donors (Lipinski definition) is 0. The Morgan fingerprint density at radius 1 is 1.05 bits per heavy atom. The molecule has 0 aliphatic rings. The van der Waals surface area contributed by atoms with E-state index in [0.717, 1.165) is 6.07 Å². The van der Waals surface area contributed by atoms with Crippen molar-refractivity contribution in [2.75, 3.05) is 0 Å². The Kier molecular flexibility index (Phi) is 4.44. The van der Waals surface area contributed by atoms with Crippen LogP contribution in [0.1, 0.15) is 32.7 Å². The molecule has 0 saturated carbocycles. The number of benzene rings is 2. The Balaban J connectivity index is 2.24. The van der Waals surface area contributed by atoms with Gasteiger partial charge in [-0.1, -0.05) is 36.3 Å².